The van der Waals surface area contributed by atoms with Crippen molar-refractivity contribution in [1.82, 2.24) is 4.72 Å². The molecule has 0 saturated heterocycles. The number of nitrogens with one attached hydrogen (secondary N) is 1. The van der Waals surface area contributed by atoms with Crippen LogP contribution in [0, 0.1) is 0 Å². The highest BCUT2D eigenvalue weighted by Gasteiger charge is 2.32. The van der Waals surface area contributed by atoms with E-state index in [0.29, 0.717) is 0 Å². The first-order valence-electron chi connectivity index (χ1n) is 5.94. The third-order valence-electron chi connectivity index (χ3n) is 2.78. The standard InChI is InChI=1S/C13H19NO4S/c1-10(11-7-5-4-6-8-11)9-19(17,18)14-13(2,3)12(15)16/h4-8,10,14H,9H2,1-3H3,(H,15,16). The highest BCUT2D eigenvalue weighted by atomic mass is 32.2. The maximum absolute atomic E-state index is 12.0. The van der Waals surface area contributed by atoms with Gasteiger partial charge in [-0.3, -0.25) is 4.79 Å². The van der Waals surface area contributed by atoms with Crippen LogP contribution in [-0.4, -0.2) is 30.8 Å². The number of sulfonamides is 1. The summed E-state index contributed by atoms with van der Waals surface area (Å²) in [6.07, 6.45) is 0. The minimum atomic E-state index is -3.66. The van der Waals surface area contributed by atoms with Crippen molar-refractivity contribution < 1.29 is 18.3 Å². The quantitative estimate of drug-likeness (QED) is 0.831. The Hall–Kier alpha value is -1.40. The number of carbonyl (C=O) groups is 1. The van der Waals surface area contributed by atoms with Gasteiger partial charge >= 0.3 is 5.97 Å². The third-order valence-corrected chi connectivity index (χ3v) is 4.54. The topological polar surface area (TPSA) is 83.5 Å². The van der Waals surface area contributed by atoms with E-state index in [9.17, 15) is 13.2 Å². The van der Waals surface area contributed by atoms with Crippen LogP contribution >= 0.6 is 0 Å². The van der Waals surface area contributed by atoms with E-state index in [2.05, 4.69) is 4.72 Å². The first-order valence-corrected chi connectivity index (χ1v) is 7.59. The van der Waals surface area contributed by atoms with E-state index in [1.54, 1.807) is 6.92 Å². The fourth-order valence-corrected chi connectivity index (χ4v) is 3.48. The van der Waals surface area contributed by atoms with Crippen LogP contribution in [0.2, 0.25) is 0 Å². The summed E-state index contributed by atoms with van der Waals surface area (Å²) >= 11 is 0. The molecule has 2 N–H and O–H groups in total. The highest BCUT2D eigenvalue weighted by Crippen LogP contribution is 2.17. The lowest BCUT2D eigenvalue weighted by atomic mass is 10.0. The maximum Gasteiger partial charge on any atom is 0.324 e. The Bertz CT molecular complexity index is 537. The second kappa shape index (κ2) is 5.71. The lowest BCUT2D eigenvalue weighted by molar-refractivity contribution is -0.142. The zero-order chi connectivity index (χ0) is 14.7. The number of benzene rings is 1. The van der Waals surface area contributed by atoms with E-state index in [1.165, 1.54) is 13.8 Å². The van der Waals surface area contributed by atoms with Crippen molar-refractivity contribution >= 4 is 16.0 Å². The van der Waals surface area contributed by atoms with E-state index >= 15 is 0 Å². The van der Waals surface area contributed by atoms with Crippen LogP contribution in [0.3, 0.4) is 0 Å². The van der Waals surface area contributed by atoms with Gasteiger partial charge in [0.2, 0.25) is 10.0 Å². The van der Waals surface area contributed by atoms with Crippen molar-refractivity contribution in [3.63, 3.8) is 0 Å². The number of hydrogen-bond acceptors (Lipinski definition) is 3. The van der Waals surface area contributed by atoms with E-state index in [0.717, 1.165) is 5.56 Å². The van der Waals surface area contributed by atoms with Gasteiger partial charge in [0.25, 0.3) is 0 Å². The molecular formula is C13H19NO4S. The molecule has 0 aliphatic rings. The molecule has 1 atom stereocenters. The van der Waals surface area contributed by atoms with Crippen LogP contribution in [0.4, 0.5) is 0 Å². The number of carboxylic acids is 1. The number of carboxylic acid groups (broad SMARTS) is 1. The second-order valence-electron chi connectivity index (χ2n) is 5.13. The normalized spacial score (nSPS) is 14.1. The molecule has 0 aliphatic heterocycles. The van der Waals surface area contributed by atoms with E-state index in [4.69, 9.17) is 5.11 Å². The van der Waals surface area contributed by atoms with Gasteiger partial charge in [0.1, 0.15) is 5.54 Å². The number of hydrogen-bond donors (Lipinski definition) is 2. The molecule has 106 valence electrons. The molecule has 0 aliphatic carbocycles. The Balaban J connectivity index is 2.78. The lowest BCUT2D eigenvalue weighted by Crippen LogP contribution is -2.50. The maximum atomic E-state index is 12.0. The third kappa shape index (κ3) is 4.65. The van der Waals surface area contributed by atoms with Gasteiger partial charge in [-0.05, 0) is 25.3 Å². The molecule has 0 heterocycles. The molecule has 1 aromatic carbocycles. The molecule has 0 amide bonds. The molecular weight excluding hydrogens is 266 g/mol. The average Bonchev–Trinajstić information content (AvgIpc) is 2.27. The van der Waals surface area contributed by atoms with Crippen molar-refractivity contribution in [1.29, 1.82) is 0 Å². The van der Waals surface area contributed by atoms with Gasteiger partial charge in [-0.15, -0.1) is 0 Å². The molecule has 5 nitrogen and oxygen atoms in total. The van der Waals surface area contributed by atoms with Crippen LogP contribution in [0.25, 0.3) is 0 Å². The predicted octanol–water partition coefficient (Wildman–Crippen LogP) is 1.57. The zero-order valence-corrected chi connectivity index (χ0v) is 12.1. The number of rotatable bonds is 6. The SMILES string of the molecule is CC(CS(=O)(=O)NC(C)(C)C(=O)O)c1ccccc1. The molecule has 6 heteroatoms. The summed E-state index contributed by atoms with van der Waals surface area (Å²) in [4.78, 5) is 10.9. The second-order valence-corrected chi connectivity index (χ2v) is 6.89. The predicted molar refractivity (Wildman–Crippen MR) is 73.5 cm³/mol. The molecule has 0 aromatic heterocycles. The summed E-state index contributed by atoms with van der Waals surface area (Å²) in [6, 6.07) is 9.24. The Kier molecular flexibility index (Phi) is 4.70. The van der Waals surface area contributed by atoms with Gasteiger partial charge in [-0.1, -0.05) is 37.3 Å². The summed E-state index contributed by atoms with van der Waals surface area (Å²) < 4.78 is 26.1. The molecule has 0 fully saturated rings. The Morgan fingerprint density at radius 2 is 1.84 bits per heavy atom. The first kappa shape index (κ1) is 15.7. The molecule has 1 aromatic rings. The minimum Gasteiger partial charge on any atom is -0.480 e. The molecule has 0 saturated carbocycles. The Morgan fingerprint density at radius 3 is 2.32 bits per heavy atom. The van der Waals surface area contributed by atoms with Crippen molar-refractivity contribution in [2.75, 3.05) is 5.75 Å². The van der Waals surface area contributed by atoms with Crippen LogP contribution in [0.5, 0.6) is 0 Å². The Labute approximate surface area is 113 Å². The van der Waals surface area contributed by atoms with E-state index < -0.39 is 21.5 Å². The van der Waals surface area contributed by atoms with Gasteiger partial charge in [-0.2, -0.15) is 4.72 Å². The molecule has 19 heavy (non-hydrogen) atoms. The smallest absolute Gasteiger partial charge is 0.324 e. The van der Waals surface area contributed by atoms with Gasteiger partial charge in [0.05, 0.1) is 5.75 Å². The van der Waals surface area contributed by atoms with E-state index in [-0.39, 0.29) is 11.7 Å². The van der Waals surface area contributed by atoms with E-state index in [1.807, 2.05) is 30.3 Å². The molecule has 0 radical (unpaired) electrons. The summed E-state index contributed by atoms with van der Waals surface area (Å²) in [5.74, 6) is -1.56. The summed E-state index contributed by atoms with van der Waals surface area (Å²) in [6.45, 7) is 4.43. The van der Waals surface area contributed by atoms with Gasteiger partial charge in [0, 0.05) is 0 Å². The van der Waals surface area contributed by atoms with Crippen molar-refractivity contribution in [3.05, 3.63) is 35.9 Å². The van der Waals surface area contributed by atoms with Crippen molar-refractivity contribution in [2.45, 2.75) is 32.2 Å². The lowest BCUT2D eigenvalue weighted by Gasteiger charge is -2.22. The Morgan fingerprint density at radius 1 is 1.32 bits per heavy atom. The van der Waals surface area contributed by atoms with Gasteiger partial charge in [0.15, 0.2) is 0 Å². The van der Waals surface area contributed by atoms with Crippen LogP contribution in [0.15, 0.2) is 30.3 Å². The minimum absolute atomic E-state index is 0.145. The molecule has 0 bridgehead atoms. The number of aliphatic carboxylic acids is 1. The van der Waals surface area contributed by atoms with Crippen LogP contribution in [-0.2, 0) is 14.8 Å². The zero-order valence-electron chi connectivity index (χ0n) is 11.3. The largest absolute Gasteiger partial charge is 0.480 e. The molecule has 1 unspecified atom stereocenters. The average molecular weight is 285 g/mol. The van der Waals surface area contributed by atoms with Crippen LogP contribution in [0.1, 0.15) is 32.3 Å². The van der Waals surface area contributed by atoms with Crippen LogP contribution < -0.4 is 4.72 Å². The van der Waals surface area contributed by atoms with Gasteiger partial charge in [-0.25, -0.2) is 8.42 Å². The highest BCUT2D eigenvalue weighted by molar-refractivity contribution is 7.89. The first-order chi connectivity index (χ1) is 8.64. The summed E-state index contributed by atoms with van der Waals surface area (Å²) in [7, 11) is -3.66. The monoisotopic (exact) mass is 285 g/mol. The molecule has 1 rings (SSSR count). The fraction of sp³-hybridized carbons (Fsp3) is 0.462. The molecule has 0 spiro atoms. The van der Waals surface area contributed by atoms with Crippen molar-refractivity contribution in [3.8, 4) is 0 Å². The van der Waals surface area contributed by atoms with Gasteiger partial charge < -0.3 is 5.11 Å². The fourth-order valence-electron chi connectivity index (χ4n) is 1.68. The summed E-state index contributed by atoms with van der Waals surface area (Å²) in [5, 5.41) is 8.93. The summed E-state index contributed by atoms with van der Waals surface area (Å²) in [5.41, 5.74) is -0.601. The van der Waals surface area contributed by atoms with Crippen molar-refractivity contribution in [2.24, 2.45) is 0 Å².